The van der Waals surface area contributed by atoms with E-state index in [9.17, 15) is 4.79 Å². The van der Waals surface area contributed by atoms with Crippen molar-refractivity contribution >= 4 is 5.91 Å². The second kappa shape index (κ2) is 7.29. The van der Waals surface area contributed by atoms with Crippen molar-refractivity contribution in [1.29, 1.82) is 0 Å². The third-order valence-electron chi connectivity index (χ3n) is 3.76. The molecule has 1 heterocycles. The van der Waals surface area contributed by atoms with Crippen LogP contribution in [-0.4, -0.2) is 19.1 Å². The second-order valence-corrected chi connectivity index (χ2v) is 5.30. The molecule has 3 N–H and O–H groups in total. The minimum absolute atomic E-state index is 0.212. The molecule has 1 amide bonds. The van der Waals surface area contributed by atoms with Gasteiger partial charge in [-0.15, -0.1) is 0 Å². The molecular weight excluding hydrogens is 252 g/mol. The molecule has 0 bridgehead atoms. The predicted molar refractivity (Wildman–Crippen MR) is 79.7 cm³/mol. The van der Waals surface area contributed by atoms with Gasteiger partial charge in [-0.1, -0.05) is 19.1 Å². The summed E-state index contributed by atoms with van der Waals surface area (Å²) in [4.78, 5) is 10.7. The monoisotopic (exact) mass is 276 g/mol. The van der Waals surface area contributed by atoms with E-state index in [1.54, 1.807) is 0 Å². The van der Waals surface area contributed by atoms with E-state index >= 15 is 0 Å². The van der Waals surface area contributed by atoms with Crippen LogP contribution in [0.25, 0.3) is 0 Å². The Balaban J connectivity index is 1.83. The van der Waals surface area contributed by atoms with E-state index in [-0.39, 0.29) is 5.91 Å². The quantitative estimate of drug-likeness (QED) is 0.716. The first-order valence-electron chi connectivity index (χ1n) is 7.48. The van der Waals surface area contributed by atoms with Crippen molar-refractivity contribution in [2.24, 2.45) is 5.73 Å². The van der Waals surface area contributed by atoms with Crippen LogP contribution in [0.5, 0.6) is 5.75 Å². The van der Waals surface area contributed by atoms with E-state index < -0.39 is 0 Å². The minimum atomic E-state index is -0.212. The molecule has 4 nitrogen and oxygen atoms in total. The van der Waals surface area contributed by atoms with Crippen molar-refractivity contribution in [1.82, 2.24) is 5.32 Å². The summed E-state index contributed by atoms with van der Waals surface area (Å²) in [6.07, 6.45) is 4.38. The molecule has 110 valence electrons. The van der Waals surface area contributed by atoms with E-state index in [1.807, 2.05) is 0 Å². The van der Waals surface area contributed by atoms with Crippen LogP contribution in [0.15, 0.2) is 18.2 Å². The Morgan fingerprint density at radius 2 is 2.30 bits per heavy atom. The number of rotatable bonds is 8. The zero-order chi connectivity index (χ0) is 14.4. The highest BCUT2D eigenvalue weighted by molar-refractivity contribution is 5.73. The van der Waals surface area contributed by atoms with Crippen LogP contribution in [-0.2, 0) is 11.2 Å². The number of carbonyl (C=O) groups excluding carboxylic acids is 1. The zero-order valence-electron chi connectivity index (χ0n) is 12.2. The highest BCUT2D eigenvalue weighted by atomic mass is 16.5. The van der Waals surface area contributed by atoms with Gasteiger partial charge in [0.05, 0.1) is 6.61 Å². The molecule has 0 spiro atoms. The molecule has 1 aromatic carbocycles. The molecule has 0 saturated heterocycles. The van der Waals surface area contributed by atoms with Crippen LogP contribution < -0.4 is 15.8 Å². The lowest BCUT2D eigenvalue weighted by Crippen LogP contribution is -2.22. The largest absolute Gasteiger partial charge is 0.493 e. The van der Waals surface area contributed by atoms with Crippen molar-refractivity contribution in [3.8, 4) is 5.75 Å². The Labute approximate surface area is 120 Å². The highest BCUT2D eigenvalue weighted by Crippen LogP contribution is 2.29. The SMILES string of the molecule is CCC(NCCCCC(N)=O)c1ccc2c(c1)CCO2. The first kappa shape index (κ1) is 14.9. The van der Waals surface area contributed by atoms with Crippen LogP contribution in [0.4, 0.5) is 0 Å². The number of hydrogen-bond donors (Lipinski definition) is 2. The Morgan fingerprint density at radius 1 is 1.45 bits per heavy atom. The van der Waals surface area contributed by atoms with E-state index in [1.165, 1.54) is 11.1 Å². The maximum atomic E-state index is 10.7. The lowest BCUT2D eigenvalue weighted by Gasteiger charge is -2.18. The van der Waals surface area contributed by atoms with Gasteiger partial charge in [0.25, 0.3) is 0 Å². The minimum Gasteiger partial charge on any atom is -0.493 e. The average molecular weight is 276 g/mol. The number of primary amides is 1. The van der Waals surface area contributed by atoms with Crippen LogP contribution in [0.2, 0.25) is 0 Å². The first-order chi connectivity index (χ1) is 9.70. The summed E-state index contributed by atoms with van der Waals surface area (Å²) >= 11 is 0. The molecule has 1 atom stereocenters. The third kappa shape index (κ3) is 3.97. The van der Waals surface area contributed by atoms with Gasteiger partial charge in [-0.25, -0.2) is 0 Å². The van der Waals surface area contributed by atoms with Crippen molar-refractivity contribution in [3.05, 3.63) is 29.3 Å². The Kier molecular flexibility index (Phi) is 5.41. The molecule has 1 aliphatic heterocycles. The fraction of sp³-hybridized carbons (Fsp3) is 0.562. The number of nitrogens with one attached hydrogen (secondary N) is 1. The van der Waals surface area contributed by atoms with E-state index in [2.05, 4.69) is 30.4 Å². The Hall–Kier alpha value is -1.55. The second-order valence-electron chi connectivity index (χ2n) is 5.30. The molecule has 1 aromatic rings. The van der Waals surface area contributed by atoms with E-state index in [0.29, 0.717) is 12.5 Å². The van der Waals surface area contributed by atoms with Crippen molar-refractivity contribution in [2.75, 3.05) is 13.2 Å². The fourth-order valence-electron chi connectivity index (χ4n) is 2.62. The van der Waals surface area contributed by atoms with Gasteiger partial charge in [-0.3, -0.25) is 4.79 Å². The maximum Gasteiger partial charge on any atom is 0.217 e. The molecule has 0 saturated carbocycles. The molecule has 20 heavy (non-hydrogen) atoms. The predicted octanol–water partition coefficient (Wildman–Crippen LogP) is 2.32. The van der Waals surface area contributed by atoms with Crippen LogP contribution >= 0.6 is 0 Å². The van der Waals surface area contributed by atoms with Gasteiger partial charge in [-0.2, -0.15) is 0 Å². The van der Waals surface area contributed by atoms with Crippen LogP contribution in [0.3, 0.4) is 0 Å². The lowest BCUT2D eigenvalue weighted by atomic mass is 10.0. The standard InChI is InChI=1S/C16H24N2O2/c1-2-14(18-9-4-3-5-16(17)19)12-6-7-15-13(11-12)8-10-20-15/h6-7,11,14,18H,2-5,8-10H2,1H3,(H2,17,19). The highest BCUT2D eigenvalue weighted by Gasteiger charge is 2.15. The summed E-state index contributed by atoms with van der Waals surface area (Å²) in [5.41, 5.74) is 7.77. The molecule has 0 aliphatic carbocycles. The number of amides is 1. The van der Waals surface area contributed by atoms with Gasteiger partial charge in [-0.05, 0) is 43.0 Å². The number of fused-ring (bicyclic) bond motifs is 1. The molecule has 1 unspecified atom stereocenters. The maximum absolute atomic E-state index is 10.7. The number of ether oxygens (including phenoxy) is 1. The first-order valence-corrected chi connectivity index (χ1v) is 7.48. The summed E-state index contributed by atoms with van der Waals surface area (Å²) in [5, 5.41) is 3.56. The molecule has 1 aliphatic rings. The topological polar surface area (TPSA) is 64.3 Å². The normalized spacial score (nSPS) is 14.7. The Morgan fingerprint density at radius 3 is 3.05 bits per heavy atom. The van der Waals surface area contributed by atoms with Gasteiger partial charge in [0.1, 0.15) is 5.75 Å². The molecule has 0 radical (unpaired) electrons. The smallest absolute Gasteiger partial charge is 0.217 e. The molecule has 0 fully saturated rings. The summed E-state index contributed by atoms with van der Waals surface area (Å²) in [6, 6.07) is 6.85. The average Bonchev–Trinajstić information content (AvgIpc) is 2.89. The van der Waals surface area contributed by atoms with Crippen LogP contribution in [0.1, 0.15) is 49.8 Å². The summed E-state index contributed by atoms with van der Waals surface area (Å²) in [5.74, 6) is 0.820. The van der Waals surface area contributed by atoms with Gasteiger partial charge >= 0.3 is 0 Å². The summed E-state index contributed by atoms with van der Waals surface area (Å²) < 4.78 is 5.54. The van der Waals surface area contributed by atoms with Gasteiger partial charge in [0.2, 0.25) is 5.91 Å². The van der Waals surface area contributed by atoms with Crippen molar-refractivity contribution < 1.29 is 9.53 Å². The van der Waals surface area contributed by atoms with E-state index in [0.717, 1.165) is 44.6 Å². The number of hydrogen-bond acceptors (Lipinski definition) is 3. The van der Waals surface area contributed by atoms with Crippen molar-refractivity contribution in [2.45, 2.75) is 45.1 Å². The number of nitrogens with two attached hydrogens (primary N) is 1. The van der Waals surface area contributed by atoms with Gasteiger partial charge in [0.15, 0.2) is 0 Å². The molecule has 0 aromatic heterocycles. The number of unbranched alkanes of at least 4 members (excludes halogenated alkanes) is 1. The number of benzene rings is 1. The van der Waals surface area contributed by atoms with E-state index in [4.69, 9.17) is 10.5 Å². The summed E-state index contributed by atoms with van der Waals surface area (Å²) in [6.45, 7) is 3.90. The van der Waals surface area contributed by atoms with Gasteiger partial charge in [0, 0.05) is 18.9 Å². The fourth-order valence-corrected chi connectivity index (χ4v) is 2.62. The molecule has 4 heteroatoms. The van der Waals surface area contributed by atoms with Gasteiger partial charge < -0.3 is 15.8 Å². The molecule has 2 rings (SSSR count). The zero-order valence-corrected chi connectivity index (χ0v) is 12.2. The number of carbonyl (C=O) groups is 1. The Bertz CT molecular complexity index is 460. The lowest BCUT2D eigenvalue weighted by molar-refractivity contribution is -0.118. The third-order valence-corrected chi connectivity index (χ3v) is 3.76. The van der Waals surface area contributed by atoms with Crippen molar-refractivity contribution in [3.63, 3.8) is 0 Å². The van der Waals surface area contributed by atoms with Crippen LogP contribution in [0, 0.1) is 0 Å². The molecular formula is C16H24N2O2. The summed E-state index contributed by atoms with van der Waals surface area (Å²) in [7, 11) is 0.